The van der Waals surface area contributed by atoms with Crippen LogP contribution < -0.4 is 0 Å². The van der Waals surface area contributed by atoms with Crippen molar-refractivity contribution >= 4 is 17.6 Å². The van der Waals surface area contributed by atoms with E-state index in [1.165, 1.54) is 0 Å². The van der Waals surface area contributed by atoms with Crippen LogP contribution in [0.15, 0.2) is 18.2 Å². The molecule has 0 radical (unpaired) electrons. The minimum absolute atomic E-state index is 0.267. The second-order valence-electron chi connectivity index (χ2n) is 4.39. The maximum Gasteiger partial charge on any atom is 0.306 e. The Balaban J connectivity index is 2.26. The Hall–Kier alpha value is -1.06. The second kappa shape index (κ2) is 3.75. The number of benzene rings is 1. The first-order valence-corrected chi connectivity index (χ1v) is 5.52. The number of carbonyl (C=O) groups is 1. The summed E-state index contributed by atoms with van der Waals surface area (Å²) in [6.07, 6.45) is 0.535. The number of hydrogen-bond donors (Lipinski definition) is 2. The van der Waals surface area contributed by atoms with Gasteiger partial charge in [-0.15, -0.1) is 0 Å². The van der Waals surface area contributed by atoms with E-state index in [0.29, 0.717) is 5.02 Å². The van der Waals surface area contributed by atoms with Crippen molar-refractivity contribution in [2.45, 2.75) is 25.4 Å². The van der Waals surface area contributed by atoms with Crippen molar-refractivity contribution in [2.75, 3.05) is 0 Å². The van der Waals surface area contributed by atoms with Gasteiger partial charge >= 0.3 is 5.97 Å². The van der Waals surface area contributed by atoms with Gasteiger partial charge in [-0.3, -0.25) is 4.79 Å². The van der Waals surface area contributed by atoms with Crippen molar-refractivity contribution < 1.29 is 15.0 Å². The molecule has 0 atom stereocenters. The molecule has 2 rings (SSSR count). The zero-order valence-corrected chi connectivity index (χ0v) is 9.66. The predicted molar refractivity (Wildman–Crippen MR) is 60.4 cm³/mol. The van der Waals surface area contributed by atoms with Gasteiger partial charge < -0.3 is 10.2 Å². The molecule has 0 aliphatic heterocycles. The van der Waals surface area contributed by atoms with Gasteiger partial charge in [-0.25, -0.2) is 0 Å². The van der Waals surface area contributed by atoms with E-state index in [1.54, 1.807) is 18.2 Å². The second-order valence-corrected chi connectivity index (χ2v) is 4.79. The van der Waals surface area contributed by atoms with Crippen LogP contribution in [0, 0.1) is 12.8 Å². The van der Waals surface area contributed by atoms with E-state index in [1.807, 2.05) is 6.92 Å². The summed E-state index contributed by atoms with van der Waals surface area (Å²) in [5, 5.41) is 19.7. The lowest BCUT2D eigenvalue weighted by Crippen LogP contribution is -2.44. The fourth-order valence-corrected chi connectivity index (χ4v) is 2.44. The van der Waals surface area contributed by atoms with Crippen LogP contribution in [0.3, 0.4) is 0 Å². The van der Waals surface area contributed by atoms with Crippen LogP contribution in [-0.2, 0) is 10.4 Å². The van der Waals surface area contributed by atoms with E-state index in [9.17, 15) is 9.90 Å². The molecular formula is C12H13ClO3. The summed E-state index contributed by atoms with van der Waals surface area (Å²) in [5.41, 5.74) is 0.561. The summed E-state index contributed by atoms with van der Waals surface area (Å²) in [6.45, 7) is 1.84. The number of aliphatic hydroxyl groups is 1. The zero-order chi connectivity index (χ0) is 11.9. The highest BCUT2D eigenvalue weighted by Gasteiger charge is 2.48. The summed E-state index contributed by atoms with van der Waals surface area (Å²) in [4.78, 5) is 10.7. The molecule has 0 aromatic heterocycles. The predicted octanol–water partition coefficient (Wildman–Crippen LogP) is 2.33. The van der Waals surface area contributed by atoms with E-state index in [4.69, 9.17) is 16.7 Å². The van der Waals surface area contributed by atoms with Gasteiger partial charge in [-0.1, -0.05) is 23.7 Å². The molecule has 1 aromatic carbocycles. The molecule has 4 heteroatoms. The van der Waals surface area contributed by atoms with E-state index < -0.39 is 17.5 Å². The third kappa shape index (κ3) is 1.70. The molecule has 0 amide bonds. The third-order valence-corrected chi connectivity index (χ3v) is 3.70. The average Bonchev–Trinajstić information content (AvgIpc) is 2.17. The number of halogens is 1. The normalized spacial score (nSPS) is 28.6. The Kier molecular flexibility index (Phi) is 2.68. The number of hydrogen-bond acceptors (Lipinski definition) is 2. The molecule has 1 aromatic rings. The van der Waals surface area contributed by atoms with Crippen LogP contribution in [0.5, 0.6) is 0 Å². The van der Waals surface area contributed by atoms with E-state index >= 15 is 0 Å². The SMILES string of the molecule is Cc1c(Cl)cccc1C1(O)CC(C(=O)O)C1. The summed E-state index contributed by atoms with van der Waals surface area (Å²) < 4.78 is 0. The fraction of sp³-hybridized carbons (Fsp3) is 0.417. The molecular weight excluding hydrogens is 228 g/mol. The maximum absolute atomic E-state index is 10.7. The fourth-order valence-electron chi connectivity index (χ4n) is 2.26. The Morgan fingerprint density at radius 1 is 1.50 bits per heavy atom. The summed E-state index contributed by atoms with van der Waals surface area (Å²) in [7, 11) is 0. The van der Waals surface area contributed by atoms with Crippen molar-refractivity contribution in [3.63, 3.8) is 0 Å². The van der Waals surface area contributed by atoms with Crippen LogP contribution in [0.4, 0.5) is 0 Å². The first-order chi connectivity index (χ1) is 7.44. The molecule has 1 aliphatic carbocycles. The van der Waals surface area contributed by atoms with Gasteiger partial charge in [0.1, 0.15) is 0 Å². The largest absolute Gasteiger partial charge is 0.481 e. The lowest BCUT2D eigenvalue weighted by atomic mass is 9.66. The molecule has 16 heavy (non-hydrogen) atoms. The summed E-state index contributed by atoms with van der Waals surface area (Å²) >= 11 is 5.97. The number of carboxylic acids is 1. The van der Waals surface area contributed by atoms with Crippen LogP contribution in [-0.4, -0.2) is 16.2 Å². The van der Waals surface area contributed by atoms with E-state index in [0.717, 1.165) is 11.1 Å². The van der Waals surface area contributed by atoms with Gasteiger partial charge in [0.15, 0.2) is 0 Å². The summed E-state index contributed by atoms with van der Waals surface area (Å²) in [6, 6.07) is 5.34. The third-order valence-electron chi connectivity index (χ3n) is 3.29. The average molecular weight is 241 g/mol. The van der Waals surface area contributed by atoms with Gasteiger partial charge in [0.25, 0.3) is 0 Å². The van der Waals surface area contributed by atoms with Gasteiger partial charge in [0, 0.05) is 5.02 Å². The molecule has 2 N–H and O–H groups in total. The van der Waals surface area contributed by atoms with Gasteiger partial charge in [-0.05, 0) is 37.0 Å². The first-order valence-electron chi connectivity index (χ1n) is 5.15. The van der Waals surface area contributed by atoms with Crippen LogP contribution >= 0.6 is 11.6 Å². The molecule has 1 saturated carbocycles. The Bertz CT molecular complexity index is 436. The van der Waals surface area contributed by atoms with Crippen LogP contribution in [0.2, 0.25) is 5.02 Å². The molecule has 1 fully saturated rings. The molecule has 86 valence electrons. The molecule has 0 unspecified atom stereocenters. The summed E-state index contributed by atoms with van der Waals surface area (Å²) in [5.74, 6) is -1.28. The van der Waals surface area contributed by atoms with Crippen molar-refractivity contribution in [3.8, 4) is 0 Å². The maximum atomic E-state index is 10.7. The lowest BCUT2D eigenvalue weighted by Gasteiger charge is -2.42. The highest BCUT2D eigenvalue weighted by atomic mass is 35.5. The topological polar surface area (TPSA) is 57.5 Å². The number of rotatable bonds is 2. The minimum Gasteiger partial charge on any atom is -0.481 e. The van der Waals surface area contributed by atoms with E-state index in [2.05, 4.69) is 0 Å². The lowest BCUT2D eigenvalue weighted by molar-refractivity contribution is -0.159. The molecule has 1 aliphatic rings. The van der Waals surface area contributed by atoms with Crippen LogP contribution in [0.1, 0.15) is 24.0 Å². The smallest absolute Gasteiger partial charge is 0.306 e. The number of carboxylic acid groups (broad SMARTS) is 1. The molecule has 3 nitrogen and oxygen atoms in total. The van der Waals surface area contributed by atoms with Crippen LogP contribution in [0.25, 0.3) is 0 Å². The van der Waals surface area contributed by atoms with Gasteiger partial charge in [-0.2, -0.15) is 0 Å². The molecule has 0 spiro atoms. The number of aliphatic carboxylic acids is 1. The van der Waals surface area contributed by atoms with Crippen molar-refractivity contribution in [3.05, 3.63) is 34.3 Å². The van der Waals surface area contributed by atoms with Gasteiger partial charge in [0.2, 0.25) is 0 Å². The van der Waals surface area contributed by atoms with Gasteiger partial charge in [0.05, 0.1) is 11.5 Å². The molecule has 0 heterocycles. The standard InChI is InChI=1S/C12H13ClO3/c1-7-9(3-2-4-10(7)13)12(16)5-8(6-12)11(14)15/h2-4,8,16H,5-6H2,1H3,(H,14,15). The van der Waals surface area contributed by atoms with E-state index in [-0.39, 0.29) is 12.8 Å². The Labute approximate surface area is 98.7 Å². The Morgan fingerprint density at radius 3 is 2.69 bits per heavy atom. The first kappa shape index (κ1) is 11.4. The van der Waals surface area contributed by atoms with Crippen molar-refractivity contribution in [1.82, 2.24) is 0 Å². The molecule has 0 bridgehead atoms. The minimum atomic E-state index is -1.02. The zero-order valence-electron chi connectivity index (χ0n) is 8.90. The van der Waals surface area contributed by atoms with Crippen molar-refractivity contribution in [2.24, 2.45) is 5.92 Å². The molecule has 0 saturated heterocycles. The highest BCUT2D eigenvalue weighted by Crippen LogP contribution is 2.47. The Morgan fingerprint density at radius 2 is 2.12 bits per heavy atom. The quantitative estimate of drug-likeness (QED) is 0.834. The van der Waals surface area contributed by atoms with Crippen molar-refractivity contribution in [1.29, 1.82) is 0 Å². The highest BCUT2D eigenvalue weighted by molar-refractivity contribution is 6.31. The monoisotopic (exact) mass is 240 g/mol.